The second kappa shape index (κ2) is 3.59. The largest absolute Gasteiger partial charge is 0.399 e. The van der Waals surface area contributed by atoms with E-state index in [1.54, 1.807) is 0 Å². The van der Waals surface area contributed by atoms with Crippen molar-refractivity contribution < 1.29 is 4.52 Å². The summed E-state index contributed by atoms with van der Waals surface area (Å²) < 4.78 is 6.15. The molecule has 2 N–H and O–H groups in total. The van der Waals surface area contributed by atoms with Crippen molar-refractivity contribution in [2.24, 2.45) is 0 Å². The first kappa shape index (κ1) is 9.84. The van der Waals surface area contributed by atoms with Crippen molar-refractivity contribution in [3.63, 3.8) is 0 Å². The molecule has 1 aliphatic rings. The van der Waals surface area contributed by atoms with Crippen LogP contribution in [-0.4, -0.2) is 10.1 Å². The molecule has 0 amide bonds. The minimum Gasteiger partial charge on any atom is -0.399 e. The molecular formula is C11H10BrN3O. The van der Waals surface area contributed by atoms with E-state index in [9.17, 15) is 0 Å². The number of halogens is 1. The van der Waals surface area contributed by atoms with Gasteiger partial charge in [-0.3, -0.25) is 0 Å². The fraction of sp³-hybridized carbons (Fsp3) is 0.273. The summed E-state index contributed by atoms with van der Waals surface area (Å²) in [4.78, 5) is 4.38. The summed E-state index contributed by atoms with van der Waals surface area (Å²) >= 11 is 3.45. The summed E-state index contributed by atoms with van der Waals surface area (Å²) in [6.45, 7) is 0. The Morgan fingerprint density at radius 2 is 2.19 bits per heavy atom. The van der Waals surface area contributed by atoms with Crippen LogP contribution in [0.1, 0.15) is 24.6 Å². The highest BCUT2D eigenvalue weighted by Gasteiger charge is 2.29. The summed E-state index contributed by atoms with van der Waals surface area (Å²) in [6.07, 6.45) is 2.33. The van der Waals surface area contributed by atoms with Crippen molar-refractivity contribution in [2.45, 2.75) is 18.8 Å². The summed E-state index contributed by atoms with van der Waals surface area (Å²) in [5.74, 6) is 1.84. The van der Waals surface area contributed by atoms with Crippen LogP contribution >= 0.6 is 15.9 Å². The van der Waals surface area contributed by atoms with Crippen molar-refractivity contribution in [2.75, 3.05) is 5.73 Å². The Bertz CT molecular complexity index is 534. The maximum absolute atomic E-state index is 5.73. The Hall–Kier alpha value is -1.36. The fourth-order valence-corrected chi connectivity index (χ4v) is 1.97. The molecule has 2 aromatic rings. The summed E-state index contributed by atoms with van der Waals surface area (Å²) in [5, 5.41) is 3.98. The molecule has 1 aromatic heterocycles. The number of aromatic nitrogens is 2. The molecule has 0 radical (unpaired) electrons. The Morgan fingerprint density at radius 1 is 1.38 bits per heavy atom. The standard InChI is InChI=1S/C11H10BrN3O/c12-9-4-3-7(13)5-8(9)11-14-10(15-16-11)6-1-2-6/h3-6H,1-2,13H2. The molecule has 0 spiro atoms. The van der Waals surface area contributed by atoms with Gasteiger partial charge in [-0.05, 0) is 47.0 Å². The zero-order valence-corrected chi connectivity index (χ0v) is 10.1. The third-order valence-corrected chi connectivity index (χ3v) is 3.30. The lowest BCUT2D eigenvalue weighted by molar-refractivity contribution is 0.422. The van der Waals surface area contributed by atoms with E-state index in [4.69, 9.17) is 10.3 Å². The lowest BCUT2D eigenvalue weighted by atomic mass is 10.2. The van der Waals surface area contributed by atoms with Gasteiger partial charge < -0.3 is 10.3 Å². The number of hydrogen-bond acceptors (Lipinski definition) is 4. The molecule has 82 valence electrons. The molecule has 1 heterocycles. The Labute approximate surface area is 101 Å². The Kier molecular flexibility index (Phi) is 2.21. The van der Waals surface area contributed by atoms with E-state index in [0.717, 1.165) is 28.7 Å². The number of rotatable bonds is 2. The highest BCUT2D eigenvalue weighted by atomic mass is 79.9. The normalized spacial score (nSPS) is 15.3. The highest BCUT2D eigenvalue weighted by Crippen LogP contribution is 2.39. The molecule has 3 rings (SSSR count). The lowest BCUT2D eigenvalue weighted by Crippen LogP contribution is -1.87. The van der Waals surface area contributed by atoms with Gasteiger partial charge >= 0.3 is 0 Å². The van der Waals surface area contributed by atoms with Crippen molar-refractivity contribution >= 4 is 21.6 Å². The van der Waals surface area contributed by atoms with Crippen LogP contribution < -0.4 is 5.73 Å². The fourth-order valence-electron chi connectivity index (χ4n) is 1.56. The summed E-state index contributed by atoms with van der Waals surface area (Å²) in [5.41, 5.74) is 7.26. The van der Waals surface area contributed by atoms with Crippen LogP contribution in [0.15, 0.2) is 27.2 Å². The first-order chi connectivity index (χ1) is 7.74. The number of nitrogens with zero attached hydrogens (tertiary/aromatic N) is 2. The third kappa shape index (κ3) is 1.71. The van der Waals surface area contributed by atoms with Gasteiger partial charge in [0.05, 0.1) is 5.56 Å². The highest BCUT2D eigenvalue weighted by molar-refractivity contribution is 9.10. The van der Waals surface area contributed by atoms with Crippen LogP contribution in [-0.2, 0) is 0 Å². The van der Waals surface area contributed by atoms with Crippen molar-refractivity contribution in [1.82, 2.24) is 10.1 Å². The van der Waals surface area contributed by atoms with E-state index in [-0.39, 0.29) is 0 Å². The molecule has 0 unspecified atom stereocenters. The van der Waals surface area contributed by atoms with Gasteiger partial charge in [0.1, 0.15) is 0 Å². The van der Waals surface area contributed by atoms with Crippen LogP contribution in [0.4, 0.5) is 5.69 Å². The quantitative estimate of drug-likeness (QED) is 0.859. The maximum Gasteiger partial charge on any atom is 0.259 e. The summed E-state index contributed by atoms with van der Waals surface area (Å²) in [7, 11) is 0. The second-order valence-electron chi connectivity index (χ2n) is 3.97. The predicted octanol–water partition coefficient (Wildman–Crippen LogP) is 2.96. The van der Waals surface area contributed by atoms with Crippen molar-refractivity contribution in [3.05, 3.63) is 28.5 Å². The molecule has 0 atom stereocenters. The third-order valence-electron chi connectivity index (χ3n) is 2.61. The van der Waals surface area contributed by atoms with E-state index in [0.29, 0.717) is 17.5 Å². The first-order valence-corrected chi connectivity index (χ1v) is 5.92. The Balaban J connectivity index is 2.03. The monoisotopic (exact) mass is 279 g/mol. The average molecular weight is 280 g/mol. The molecule has 16 heavy (non-hydrogen) atoms. The van der Waals surface area contributed by atoms with Crippen LogP contribution in [0.5, 0.6) is 0 Å². The van der Waals surface area contributed by atoms with Crippen LogP contribution in [0.2, 0.25) is 0 Å². The number of hydrogen-bond donors (Lipinski definition) is 1. The minimum atomic E-state index is 0.498. The molecule has 1 fully saturated rings. The van der Waals surface area contributed by atoms with Gasteiger partial charge in [-0.2, -0.15) is 4.98 Å². The maximum atomic E-state index is 5.73. The number of benzene rings is 1. The Morgan fingerprint density at radius 3 is 2.94 bits per heavy atom. The van der Waals surface area contributed by atoms with Gasteiger partial charge in [-0.1, -0.05) is 5.16 Å². The topological polar surface area (TPSA) is 64.9 Å². The van der Waals surface area contributed by atoms with Gasteiger partial charge in [0.25, 0.3) is 5.89 Å². The van der Waals surface area contributed by atoms with Gasteiger partial charge in [0.15, 0.2) is 5.82 Å². The number of anilines is 1. The van der Waals surface area contributed by atoms with E-state index >= 15 is 0 Å². The zero-order chi connectivity index (χ0) is 11.1. The first-order valence-electron chi connectivity index (χ1n) is 5.13. The molecule has 1 aliphatic carbocycles. The molecule has 1 aromatic carbocycles. The molecule has 0 aliphatic heterocycles. The van der Waals surface area contributed by atoms with Gasteiger partial charge in [0.2, 0.25) is 0 Å². The lowest BCUT2D eigenvalue weighted by Gasteiger charge is -1.99. The van der Waals surface area contributed by atoms with E-state index < -0.39 is 0 Å². The van der Waals surface area contributed by atoms with Crippen molar-refractivity contribution in [1.29, 1.82) is 0 Å². The second-order valence-corrected chi connectivity index (χ2v) is 4.83. The summed E-state index contributed by atoms with van der Waals surface area (Å²) in [6, 6.07) is 5.53. The molecule has 4 nitrogen and oxygen atoms in total. The molecular weight excluding hydrogens is 270 g/mol. The van der Waals surface area contributed by atoms with Crippen molar-refractivity contribution in [3.8, 4) is 11.5 Å². The van der Waals surface area contributed by atoms with Gasteiger partial charge in [-0.25, -0.2) is 0 Å². The average Bonchev–Trinajstić information content (AvgIpc) is 3.01. The number of nitrogens with two attached hydrogens (primary N) is 1. The van der Waals surface area contributed by atoms with Gasteiger partial charge in [-0.15, -0.1) is 0 Å². The van der Waals surface area contributed by atoms with E-state index in [1.165, 1.54) is 0 Å². The predicted molar refractivity (Wildman–Crippen MR) is 63.8 cm³/mol. The number of nitrogen functional groups attached to an aromatic ring is 1. The smallest absolute Gasteiger partial charge is 0.259 e. The molecule has 5 heteroatoms. The minimum absolute atomic E-state index is 0.498. The van der Waals surface area contributed by atoms with E-state index in [2.05, 4.69) is 26.1 Å². The van der Waals surface area contributed by atoms with Crippen LogP contribution in [0.3, 0.4) is 0 Å². The SMILES string of the molecule is Nc1ccc(Br)c(-c2nc(C3CC3)no2)c1. The molecule has 0 saturated heterocycles. The molecule has 1 saturated carbocycles. The molecule has 0 bridgehead atoms. The van der Waals surface area contributed by atoms with Crippen LogP contribution in [0.25, 0.3) is 11.5 Å². The van der Waals surface area contributed by atoms with Crippen LogP contribution in [0, 0.1) is 0 Å². The van der Waals surface area contributed by atoms with E-state index in [1.807, 2.05) is 18.2 Å². The zero-order valence-electron chi connectivity index (χ0n) is 8.48. The van der Waals surface area contributed by atoms with Gasteiger partial charge in [0, 0.05) is 16.1 Å².